The fraction of sp³-hybridized carbons (Fsp3) is 0.800. The maximum Gasteiger partial charge on any atom is 0.0642 e. The summed E-state index contributed by atoms with van der Waals surface area (Å²) in [5.74, 6) is 1.61. The highest BCUT2D eigenvalue weighted by molar-refractivity contribution is 5.50. The molecule has 0 heterocycles. The third-order valence-corrected chi connectivity index (χ3v) is 11.2. The Labute approximate surface area is 197 Å². The van der Waals surface area contributed by atoms with Crippen molar-refractivity contribution in [2.45, 2.75) is 113 Å². The third-order valence-electron chi connectivity index (χ3n) is 11.2. The summed E-state index contributed by atoms with van der Waals surface area (Å²) in [4.78, 5) is 0. The highest BCUT2D eigenvalue weighted by Gasteiger charge is 2.66. The summed E-state index contributed by atoms with van der Waals surface area (Å²) in [5, 5.41) is 22.4. The minimum atomic E-state index is -0.277. The normalized spacial score (nSPS) is 45.7. The number of rotatable bonds is 4. The van der Waals surface area contributed by atoms with Gasteiger partial charge in [-0.05, 0) is 104 Å². The topological polar surface area (TPSA) is 40.5 Å². The summed E-state index contributed by atoms with van der Waals surface area (Å²) in [6.45, 7) is 18.6. The maximum absolute atomic E-state index is 11.6. The lowest BCUT2D eigenvalue weighted by Crippen LogP contribution is -2.55. The average Bonchev–Trinajstić information content (AvgIpc) is 2.92. The molecule has 0 saturated heterocycles. The first-order chi connectivity index (χ1) is 14.8. The second kappa shape index (κ2) is 7.84. The third kappa shape index (κ3) is 3.18. The van der Waals surface area contributed by atoms with Gasteiger partial charge in [-0.2, -0.15) is 0 Å². The Bertz CT molecular complexity index is 843. The first-order valence-corrected chi connectivity index (χ1v) is 13.2. The van der Waals surface area contributed by atoms with Crippen LogP contribution in [0, 0.1) is 39.4 Å². The lowest BCUT2D eigenvalue weighted by Gasteiger charge is -2.61. The summed E-state index contributed by atoms with van der Waals surface area (Å²) < 4.78 is 0. The van der Waals surface area contributed by atoms with Gasteiger partial charge in [0.1, 0.15) is 0 Å². The molecule has 0 spiro atoms. The largest absolute Gasteiger partial charge is 0.393 e. The predicted octanol–water partition coefficient (Wildman–Crippen LogP) is 7.23. The molecule has 4 aliphatic rings. The standard InChI is InChI=1S/C30H48O2/c1-19(2)10-9-11-20(3)23-18-26(32)30(8)22-12-13-24-27(4,5)25(31)15-16-28(24,6)21(22)14-17-29(23,30)7/h10,12,14,20,23-26,31-32H,9,11,13,15-18H2,1-8H3/t20?,23-,24?,25+,26+,28-,29-,30-/m1/s1. The molecule has 4 rings (SSSR count). The van der Waals surface area contributed by atoms with Crippen LogP contribution < -0.4 is 0 Å². The van der Waals surface area contributed by atoms with Gasteiger partial charge in [-0.15, -0.1) is 0 Å². The maximum atomic E-state index is 11.6. The van der Waals surface area contributed by atoms with E-state index in [1.165, 1.54) is 23.1 Å². The Kier molecular flexibility index (Phi) is 5.95. The van der Waals surface area contributed by atoms with Crippen molar-refractivity contribution in [3.63, 3.8) is 0 Å². The minimum Gasteiger partial charge on any atom is -0.393 e. The van der Waals surface area contributed by atoms with Gasteiger partial charge in [0.05, 0.1) is 12.2 Å². The second-order valence-electron chi connectivity index (χ2n) is 13.3. The van der Waals surface area contributed by atoms with Gasteiger partial charge in [0, 0.05) is 5.41 Å². The highest BCUT2D eigenvalue weighted by Crippen LogP contribution is 2.71. The predicted molar refractivity (Wildman–Crippen MR) is 134 cm³/mol. The Hall–Kier alpha value is -0.860. The van der Waals surface area contributed by atoms with E-state index in [-0.39, 0.29) is 33.9 Å². The summed E-state index contributed by atoms with van der Waals surface area (Å²) in [6, 6.07) is 0. The fourth-order valence-corrected chi connectivity index (χ4v) is 8.77. The van der Waals surface area contributed by atoms with Crippen molar-refractivity contribution in [1.82, 2.24) is 0 Å². The number of aliphatic hydroxyl groups is 2. The highest BCUT2D eigenvalue weighted by atomic mass is 16.3. The number of fused-ring (bicyclic) bond motifs is 5. The average molecular weight is 441 g/mol. The number of aliphatic hydroxyl groups excluding tert-OH is 2. The van der Waals surface area contributed by atoms with Crippen LogP contribution in [0.15, 0.2) is 34.9 Å². The van der Waals surface area contributed by atoms with Crippen LogP contribution in [0.4, 0.5) is 0 Å². The van der Waals surface area contributed by atoms with E-state index < -0.39 is 0 Å². The molecular formula is C30H48O2. The summed E-state index contributed by atoms with van der Waals surface area (Å²) >= 11 is 0. The molecule has 32 heavy (non-hydrogen) atoms. The Morgan fingerprint density at radius 2 is 1.75 bits per heavy atom. The summed E-state index contributed by atoms with van der Waals surface area (Å²) in [7, 11) is 0. The van der Waals surface area contributed by atoms with Gasteiger partial charge in [-0.25, -0.2) is 0 Å². The summed E-state index contributed by atoms with van der Waals surface area (Å²) in [5.41, 5.74) is 4.30. The SMILES string of the molecule is CC(C)=CCCC(C)[C@H]1C[C@H](O)[C@@]2(C)C3=CCC4C(C)(C)[C@@H](O)CC[C@]4(C)C3=CC[C@]12C. The smallest absolute Gasteiger partial charge is 0.0642 e. The molecule has 2 nitrogen and oxygen atoms in total. The molecule has 180 valence electrons. The van der Waals surface area contributed by atoms with Gasteiger partial charge in [-0.1, -0.05) is 65.3 Å². The molecule has 4 aliphatic carbocycles. The fourth-order valence-electron chi connectivity index (χ4n) is 8.77. The van der Waals surface area contributed by atoms with E-state index in [0.717, 1.165) is 38.5 Å². The molecular weight excluding hydrogens is 392 g/mol. The van der Waals surface area contributed by atoms with Crippen LogP contribution in [0.1, 0.15) is 100 Å². The van der Waals surface area contributed by atoms with Crippen molar-refractivity contribution in [2.75, 3.05) is 0 Å². The van der Waals surface area contributed by atoms with Gasteiger partial charge in [0.15, 0.2) is 0 Å². The molecule has 0 aromatic rings. The molecule has 2 unspecified atom stereocenters. The molecule has 0 aliphatic heterocycles. The molecule has 2 fully saturated rings. The number of hydrogen-bond donors (Lipinski definition) is 2. The van der Waals surface area contributed by atoms with Crippen LogP contribution in [0.3, 0.4) is 0 Å². The van der Waals surface area contributed by atoms with E-state index in [1.54, 1.807) is 0 Å². The lowest BCUT2D eigenvalue weighted by molar-refractivity contribution is -0.0872. The monoisotopic (exact) mass is 440 g/mol. The van der Waals surface area contributed by atoms with E-state index in [2.05, 4.69) is 73.6 Å². The quantitative estimate of drug-likeness (QED) is 0.453. The van der Waals surface area contributed by atoms with Crippen LogP contribution in [0.25, 0.3) is 0 Å². The van der Waals surface area contributed by atoms with Crippen molar-refractivity contribution < 1.29 is 10.2 Å². The summed E-state index contributed by atoms with van der Waals surface area (Å²) in [6.07, 6.45) is 14.2. The molecule has 0 amide bonds. The molecule has 0 aromatic carbocycles. The van der Waals surface area contributed by atoms with E-state index >= 15 is 0 Å². The van der Waals surface area contributed by atoms with Crippen LogP contribution in [0.2, 0.25) is 0 Å². The Balaban J connectivity index is 1.70. The van der Waals surface area contributed by atoms with Gasteiger partial charge in [0.25, 0.3) is 0 Å². The molecule has 2 N–H and O–H groups in total. The zero-order valence-corrected chi connectivity index (χ0v) is 22.0. The van der Waals surface area contributed by atoms with Gasteiger partial charge < -0.3 is 10.2 Å². The number of hydrogen-bond acceptors (Lipinski definition) is 2. The van der Waals surface area contributed by atoms with Crippen molar-refractivity contribution in [3.8, 4) is 0 Å². The van der Waals surface area contributed by atoms with Crippen molar-refractivity contribution in [2.24, 2.45) is 39.4 Å². The van der Waals surface area contributed by atoms with Crippen molar-refractivity contribution in [1.29, 1.82) is 0 Å². The van der Waals surface area contributed by atoms with Crippen LogP contribution in [0.5, 0.6) is 0 Å². The molecule has 0 radical (unpaired) electrons. The van der Waals surface area contributed by atoms with Crippen LogP contribution in [-0.2, 0) is 0 Å². The zero-order valence-electron chi connectivity index (χ0n) is 22.0. The van der Waals surface area contributed by atoms with Gasteiger partial charge in [-0.3, -0.25) is 0 Å². The minimum absolute atomic E-state index is 0.0756. The molecule has 2 saturated carbocycles. The van der Waals surface area contributed by atoms with Crippen molar-refractivity contribution >= 4 is 0 Å². The first-order valence-electron chi connectivity index (χ1n) is 13.2. The molecule has 0 aromatic heterocycles. The lowest BCUT2D eigenvalue weighted by atomic mass is 9.44. The zero-order chi connectivity index (χ0) is 23.7. The Morgan fingerprint density at radius 1 is 1.06 bits per heavy atom. The Morgan fingerprint density at radius 3 is 2.41 bits per heavy atom. The van der Waals surface area contributed by atoms with E-state index in [0.29, 0.717) is 17.8 Å². The first kappa shape index (κ1) is 24.3. The van der Waals surface area contributed by atoms with Crippen LogP contribution >= 0.6 is 0 Å². The molecule has 8 atom stereocenters. The second-order valence-corrected chi connectivity index (χ2v) is 13.3. The van der Waals surface area contributed by atoms with E-state index in [9.17, 15) is 10.2 Å². The van der Waals surface area contributed by atoms with Crippen molar-refractivity contribution in [3.05, 3.63) is 34.9 Å². The van der Waals surface area contributed by atoms with E-state index in [1.807, 2.05) is 0 Å². The van der Waals surface area contributed by atoms with Crippen LogP contribution in [-0.4, -0.2) is 22.4 Å². The van der Waals surface area contributed by atoms with E-state index in [4.69, 9.17) is 0 Å². The molecule has 0 bridgehead atoms. The van der Waals surface area contributed by atoms with Gasteiger partial charge >= 0.3 is 0 Å². The number of allylic oxidation sites excluding steroid dienone is 5. The van der Waals surface area contributed by atoms with Gasteiger partial charge in [0.2, 0.25) is 0 Å². The molecule has 2 heteroatoms.